The van der Waals surface area contributed by atoms with Gasteiger partial charge in [-0.15, -0.1) is 0 Å². The number of aryl methyl sites for hydroxylation is 1. The van der Waals surface area contributed by atoms with Crippen molar-refractivity contribution in [3.8, 4) is 17.2 Å². The Labute approximate surface area is 141 Å². The number of amides is 1. The van der Waals surface area contributed by atoms with Crippen LogP contribution >= 0.6 is 0 Å². The van der Waals surface area contributed by atoms with Crippen molar-refractivity contribution in [1.82, 2.24) is 0 Å². The first kappa shape index (κ1) is 16.2. The van der Waals surface area contributed by atoms with Gasteiger partial charge in [0, 0.05) is 11.8 Å². The van der Waals surface area contributed by atoms with Crippen LogP contribution in [0.25, 0.3) is 0 Å². The number of anilines is 1. The Bertz CT molecular complexity index is 729. The fourth-order valence-electron chi connectivity index (χ4n) is 2.51. The second-order valence-electron chi connectivity index (χ2n) is 5.63. The smallest absolute Gasteiger partial charge is 0.265 e. The highest BCUT2D eigenvalue weighted by Crippen LogP contribution is 2.32. The van der Waals surface area contributed by atoms with Crippen molar-refractivity contribution in [2.45, 2.75) is 26.4 Å². The molecule has 2 aromatic rings. The van der Waals surface area contributed by atoms with Gasteiger partial charge in [0.1, 0.15) is 19.0 Å². The summed E-state index contributed by atoms with van der Waals surface area (Å²) in [4.78, 5) is 12.5. The van der Waals surface area contributed by atoms with E-state index in [1.165, 1.54) is 0 Å². The van der Waals surface area contributed by atoms with Gasteiger partial charge >= 0.3 is 0 Å². The molecule has 2 aromatic carbocycles. The molecule has 0 aromatic heterocycles. The largest absolute Gasteiger partial charge is 0.486 e. The van der Waals surface area contributed by atoms with Gasteiger partial charge in [-0.2, -0.15) is 0 Å². The Morgan fingerprint density at radius 1 is 1.17 bits per heavy atom. The van der Waals surface area contributed by atoms with Crippen molar-refractivity contribution in [3.63, 3.8) is 0 Å². The molecule has 3 rings (SSSR count). The van der Waals surface area contributed by atoms with Crippen molar-refractivity contribution < 1.29 is 19.0 Å². The van der Waals surface area contributed by atoms with Gasteiger partial charge in [0.05, 0.1) is 0 Å². The van der Waals surface area contributed by atoms with E-state index in [4.69, 9.17) is 14.2 Å². The molecule has 0 fully saturated rings. The first-order chi connectivity index (χ1) is 11.7. The van der Waals surface area contributed by atoms with Crippen molar-refractivity contribution in [1.29, 1.82) is 0 Å². The Morgan fingerprint density at radius 3 is 2.67 bits per heavy atom. The maximum Gasteiger partial charge on any atom is 0.265 e. The zero-order chi connectivity index (χ0) is 16.9. The predicted molar refractivity (Wildman–Crippen MR) is 91.9 cm³/mol. The lowest BCUT2D eigenvalue weighted by Gasteiger charge is -2.21. The van der Waals surface area contributed by atoms with E-state index in [0.717, 1.165) is 11.3 Å². The summed E-state index contributed by atoms with van der Waals surface area (Å²) in [7, 11) is 0. The molecule has 0 bridgehead atoms. The Kier molecular flexibility index (Phi) is 4.89. The summed E-state index contributed by atoms with van der Waals surface area (Å²) in [6, 6.07) is 13.0. The molecule has 0 aliphatic carbocycles. The van der Waals surface area contributed by atoms with E-state index in [0.29, 0.717) is 36.8 Å². The summed E-state index contributed by atoms with van der Waals surface area (Å²) in [6.07, 6.45) is 0.0179. The SMILES string of the molecule is CC[C@@H](Oc1ccccc1C)C(=O)Nc1ccc2c(c1)OCCO2. The highest BCUT2D eigenvalue weighted by atomic mass is 16.6. The number of benzene rings is 2. The first-order valence-electron chi connectivity index (χ1n) is 8.10. The van der Waals surface area contributed by atoms with Crippen LogP contribution in [-0.4, -0.2) is 25.2 Å². The van der Waals surface area contributed by atoms with E-state index in [2.05, 4.69) is 5.32 Å². The predicted octanol–water partition coefficient (Wildman–Crippen LogP) is 3.56. The molecule has 1 aliphatic heterocycles. The first-order valence-corrected chi connectivity index (χ1v) is 8.10. The Hall–Kier alpha value is -2.69. The molecule has 0 unspecified atom stereocenters. The minimum Gasteiger partial charge on any atom is -0.486 e. The van der Waals surface area contributed by atoms with E-state index >= 15 is 0 Å². The maximum absolute atomic E-state index is 12.5. The van der Waals surface area contributed by atoms with Gasteiger partial charge in [0.25, 0.3) is 5.91 Å². The third-order valence-corrected chi connectivity index (χ3v) is 3.84. The summed E-state index contributed by atoms with van der Waals surface area (Å²) in [5.74, 6) is 1.88. The van der Waals surface area contributed by atoms with Gasteiger partial charge in [-0.1, -0.05) is 25.1 Å². The van der Waals surface area contributed by atoms with Gasteiger partial charge < -0.3 is 19.5 Å². The average molecular weight is 327 g/mol. The van der Waals surface area contributed by atoms with Crippen molar-refractivity contribution in [2.24, 2.45) is 0 Å². The normalized spacial score (nSPS) is 13.9. The fraction of sp³-hybridized carbons (Fsp3) is 0.316. The third kappa shape index (κ3) is 3.62. The van der Waals surface area contributed by atoms with Crippen LogP contribution in [0.5, 0.6) is 17.2 Å². The van der Waals surface area contributed by atoms with Crippen LogP contribution in [0, 0.1) is 6.92 Å². The topological polar surface area (TPSA) is 56.8 Å². The zero-order valence-corrected chi connectivity index (χ0v) is 13.9. The summed E-state index contributed by atoms with van der Waals surface area (Å²) < 4.78 is 16.9. The maximum atomic E-state index is 12.5. The molecule has 5 nitrogen and oxygen atoms in total. The second-order valence-corrected chi connectivity index (χ2v) is 5.63. The lowest BCUT2D eigenvalue weighted by Crippen LogP contribution is -2.32. The van der Waals surface area contributed by atoms with Crippen molar-refractivity contribution in [3.05, 3.63) is 48.0 Å². The van der Waals surface area contributed by atoms with Crippen LogP contribution < -0.4 is 19.5 Å². The van der Waals surface area contributed by atoms with Gasteiger partial charge in [-0.3, -0.25) is 4.79 Å². The van der Waals surface area contributed by atoms with Crippen molar-refractivity contribution >= 4 is 11.6 Å². The van der Waals surface area contributed by atoms with Crippen LogP contribution in [-0.2, 0) is 4.79 Å². The summed E-state index contributed by atoms with van der Waals surface area (Å²) in [6.45, 7) is 4.94. The van der Waals surface area contributed by atoms with Gasteiger partial charge in [0.15, 0.2) is 17.6 Å². The minimum absolute atomic E-state index is 0.183. The molecule has 1 atom stereocenters. The number of hydrogen-bond acceptors (Lipinski definition) is 4. The molecule has 0 spiro atoms. The highest BCUT2D eigenvalue weighted by Gasteiger charge is 2.20. The molecule has 0 radical (unpaired) electrons. The molecule has 1 aliphatic rings. The van der Waals surface area contributed by atoms with Gasteiger partial charge in [-0.05, 0) is 37.1 Å². The monoisotopic (exact) mass is 327 g/mol. The lowest BCUT2D eigenvalue weighted by atomic mass is 10.2. The van der Waals surface area contributed by atoms with Crippen LogP contribution in [0.3, 0.4) is 0 Å². The fourth-order valence-corrected chi connectivity index (χ4v) is 2.51. The van der Waals surface area contributed by atoms with E-state index in [1.807, 2.05) is 38.1 Å². The number of rotatable bonds is 5. The van der Waals surface area contributed by atoms with Crippen LogP contribution in [0.1, 0.15) is 18.9 Å². The quantitative estimate of drug-likeness (QED) is 0.912. The molecule has 0 saturated carbocycles. The average Bonchev–Trinajstić information content (AvgIpc) is 2.61. The summed E-state index contributed by atoms with van der Waals surface area (Å²) >= 11 is 0. The number of fused-ring (bicyclic) bond motifs is 1. The second kappa shape index (κ2) is 7.25. The molecule has 24 heavy (non-hydrogen) atoms. The molecule has 1 amide bonds. The van der Waals surface area contributed by atoms with Crippen molar-refractivity contribution in [2.75, 3.05) is 18.5 Å². The van der Waals surface area contributed by atoms with E-state index in [-0.39, 0.29) is 5.91 Å². The number of para-hydroxylation sites is 1. The van der Waals surface area contributed by atoms with Crippen LogP contribution in [0.4, 0.5) is 5.69 Å². The third-order valence-electron chi connectivity index (χ3n) is 3.84. The number of nitrogens with one attached hydrogen (secondary N) is 1. The lowest BCUT2D eigenvalue weighted by molar-refractivity contribution is -0.122. The van der Waals surface area contributed by atoms with Gasteiger partial charge in [-0.25, -0.2) is 0 Å². The number of hydrogen-bond donors (Lipinski definition) is 1. The summed E-state index contributed by atoms with van der Waals surface area (Å²) in [5, 5.41) is 2.88. The van der Waals surface area contributed by atoms with Gasteiger partial charge in [0.2, 0.25) is 0 Å². The molecular formula is C19H21NO4. The zero-order valence-electron chi connectivity index (χ0n) is 13.9. The molecule has 5 heteroatoms. The molecule has 126 valence electrons. The van der Waals surface area contributed by atoms with E-state index < -0.39 is 6.10 Å². The Morgan fingerprint density at radius 2 is 1.92 bits per heavy atom. The molecular weight excluding hydrogens is 306 g/mol. The van der Waals surface area contributed by atoms with Crippen LogP contribution in [0.15, 0.2) is 42.5 Å². The Balaban J connectivity index is 1.69. The number of carbonyl (C=O) groups is 1. The minimum atomic E-state index is -0.556. The highest BCUT2D eigenvalue weighted by molar-refractivity contribution is 5.94. The molecule has 1 heterocycles. The van der Waals surface area contributed by atoms with E-state index in [1.54, 1.807) is 18.2 Å². The molecule has 1 N–H and O–H groups in total. The van der Waals surface area contributed by atoms with Crippen LogP contribution in [0.2, 0.25) is 0 Å². The van der Waals surface area contributed by atoms with E-state index in [9.17, 15) is 4.79 Å². The molecule has 0 saturated heterocycles. The summed E-state index contributed by atoms with van der Waals surface area (Å²) in [5.41, 5.74) is 1.67. The number of ether oxygens (including phenoxy) is 3. The number of carbonyl (C=O) groups excluding carboxylic acids is 1. The standard InChI is InChI=1S/C19H21NO4/c1-3-15(24-16-7-5-4-6-13(16)2)19(21)20-14-8-9-17-18(12-14)23-11-10-22-17/h4-9,12,15H,3,10-11H2,1-2H3,(H,20,21)/t15-/m1/s1.